The van der Waals surface area contributed by atoms with Gasteiger partial charge in [-0.1, -0.05) is 6.07 Å². The summed E-state index contributed by atoms with van der Waals surface area (Å²) in [6.45, 7) is 1.69. The summed E-state index contributed by atoms with van der Waals surface area (Å²) in [6, 6.07) is 5.03. The van der Waals surface area contributed by atoms with Crippen LogP contribution in [0.5, 0.6) is 0 Å². The minimum Gasteiger partial charge on any atom is -0.368 e. The Morgan fingerprint density at radius 3 is 2.92 bits per heavy atom. The molecule has 0 aromatic carbocycles. The van der Waals surface area contributed by atoms with Gasteiger partial charge >= 0.3 is 0 Å². The molecule has 4 heteroatoms. The Labute approximate surface area is 70.8 Å². The van der Waals surface area contributed by atoms with Gasteiger partial charge in [0.15, 0.2) is 0 Å². The molecular formula is C8H11N3O. The van der Waals surface area contributed by atoms with E-state index in [1.54, 1.807) is 25.3 Å². The van der Waals surface area contributed by atoms with E-state index in [0.717, 1.165) is 0 Å². The van der Waals surface area contributed by atoms with E-state index >= 15 is 0 Å². The van der Waals surface area contributed by atoms with Crippen LogP contribution in [0.25, 0.3) is 0 Å². The van der Waals surface area contributed by atoms with Crippen molar-refractivity contribution < 1.29 is 4.79 Å². The highest BCUT2D eigenvalue weighted by Crippen LogP contribution is 2.01. The third-order valence-corrected chi connectivity index (χ3v) is 1.46. The predicted octanol–water partition coefficient (Wildman–Crippen LogP) is 0.367. The van der Waals surface area contributed by atoms with Crippen LogP contribution in [0, 0.1) is 0 Å². The molecule has 1 atom stereocenters. The molecule has 0 saturated carbocycles. The molecule has 1 unspecified atom stereocenters. The van der Waals surface area contributed by atoms with Crippen LogP contribution in [0.4, 0.5) is 5.82 Å². The third kappa shape index (κ3) is 2.23. The first kappa shape index (κ1) is 8.52. The smallest absolute Gasteiger partial charge is 0.239 e. The Morgan fingerprint density at radius 1 is 1.67 bits per heavy atom. The van der Waals surface area contributed by atoms with Crippen molar-refractivity contribution in [3.8, 4) is 0 Å². The Bertz CT molecular complexity index is 260. The van der Waals surface area contributed by atoms with Crippen LogP contribution in [0.15, 0.2) is 24.4 Å². The number of carbonyl (C=O) groups excluding carboxylic acids is 1. The Kier molecular flexibility index (Phi) is 2.63. The van der Waals surface area contributed by atoms with Crippen LogP contribution in [0.3, 0.4) is 0 Å². The molecule has 4 nitrogen and oxygen atoms in total. The molecule has 0 saturated heterocycles. The second kappa shape index (κ2) is 3.71. The quantitative estimate of drug-likeness (QED) is 0.679. The van der Waals surface area contributed by atoms with Crippen molar-refractivity contribution in [1.82, 2.24) is 4.98 Å². The first-order chi connectivity index (χ1) is 5.70. The van der Waals surface area contributed by atoms with E-state index < -0.39 is 0 Å². The topological polar surface area (TPSA) is 68.0 Å². The molecule has 0 radical (unpaired) electrons. The van der Waals surface area contributed by atoms with Gasteiger partial charge in [-0.3, -0.25) is 4.79 Å². The summed E-state index contributed by atoms with van der Waals surface area (Å²) in [4.78, 5) is 14.6. The summed E-state index contributed by atoms with van der Waals surface area (Å²) < 4.78 is 0. The fourth-order valence-electron chi connectivity index (χ4n) is 0.741. The van der Waals surface area contributed by atoms with E-state index in [-0.39, 0.29) is 11.9 Å². The number of hydrogen-bond acceptors (Lipinski definition) is 3. The molecule has 0 spiro atoms. The molecule has 64 valence electrons. The highest BCUT2D eigenvalue weighted by atomic mass is 16.1. The number of rotatable bonds is 3. The molecule has 0 aliphatic carbocycles. The number of nitrogens with zero attached hydrogens (tertiary/aromatic N) is 1. The summed E-state index contributed by atoms with van der Waals surface area (Å²) in [5, 5.41) is 2.86. The molecule has 0 fully saturated rings. The zero-order valence-corrected chi connectivity index (χ0v) is 6.82. The number of amides is 1. The summed E-state index contributed by atoms with van der Waals surface area (Å²) in [6.07, 6.45) is 1.65. The fourth-order valence-corrected chi connectivity index (χ4v) is 0.741. The van der Waals surface area contributed by atoms with Crippen molar-refractivity contribution in [2.45, 2.75) is 13.0 Å². The summed E-state index contributed by atoms with van der Waals surface area (Å²) in [5.41, 5.74) is 5.05. The van der Waals surface area contributed by atoms with E-state index in [0.29, 0.717) is 5.82 Å². The van der Waals surface area contributed by atoms with Gasteiger partial charge < -0.3 is 11.1 Å². The molecule has 0 aliphatic heterocycles. The first-order valence-corrected chi connectivity index (χ1v) is 3.67. The molecule has 1 heterocycles. The SMILES string of the molecule is CC(Nc1ccccn1)C(N)=O. The van der Waals surface area contributed by atoms with E-state index in [4.69, 9.17) is 5.73 Å². The first-order valence-electron chi connectivity index (χ1n) is 3.67. The van der Waals surface area contributed by atoms with Crippen molar-refractivity contribution in [3.05, 3.63) is 24.4 Å². The lowest BCUT2D eigenvalue weighted by Crippen LogP contribution is -2.32. The average molecular weight is 165 g/mol. The Balaban J connectivity index is 2.58. The van der Waals surface area contributed by atoms with E-state index in [9.17, 15) is 4.79 Å². The van der Waals surface area contributed by atoms with Gasteiger partial charge in [0.05, 0.1) is 0 Å². The predicted molar refractivity (Wildman–Crippen MR) is 46.5 cm³/mol. The van der Waals surface area contributed by atoms with Crippen LogP contribution in [-0.2, 0) is 4.79 Å². The molecule has 1 aromatic heterocycles. The molecule has 0 aliphatic rings. The molecule has 3 N–H and O–H groups in total. The number of nitrogens with two attached hydrogens (primary N) is 1. The summed E-state index contributed by atoms with van der Waals surface area (Å²) >= 11 is 0. The van der Waals surface area contributed by atoms with Crippen molar-refractivity contribution in [1.29, 1.82) is 0 Å². The zero-order valence-electron chi connectivity index (χ0n) is 6.82. The maximum Gasteiger partial charge on any atom is 0.239 e. The van der Waals surface area contributed by atoms with Crippen LogP contribution < -0.4 is 11.1 Å². The molecule has 1 rings (SSSR count). The lowest BCUT2D eigenvalue weighted by molar-refractivity contribution is -0.118. The zero-order chi connectivity index (χ0) is 8.97. The molecule has 0 bridgehead atoms. The minimum absolute atomic E-state index is 0.388. The second-order valence-electron chi connectivity index (χ2n) is 2.48. The molecule has 12 heavy (non-hydrogen) atoms. The Morgan fingerprint density at radius 2 is 2.42 bits per heavy atom. The number of primary amides is 1. The number of pyridine rings is 1. The van der Waals surface area contributed by atoms with Crippen molar-refractivity contribution in [2.24, 2.45) is 5.73 Å². The van der Waals surface area contributed by atoms with Crippen LogP contribution >= 0.6 is 0 Å². The minimum atomic E-state index is -0.389. The van der Waals surface area contributed by atoms with E-state index in [2.05, 4.69) is 10.3 Å². The molecular weight excluding hydrogens is 154 g/mol. The summed E-state index contributed by atoms with van der Waals surface area (Å²) in [5.74, 6) is 0.268. The molecule has 1 aromatic rings. The van der Waals surface area contributed by atoms with Crippen LogP contribution in [-0.4, -0.2) is 16.9 Å². The van der Waals surface area contributed by atoms with Crippen LogP contribution in [0.1, 0.15) is 6.92 Å². The van der Waals surface area contributed by atoms with Gasteiger partial charge in [0, 0.05) is 6.20 Å². The Hall–Kier alpha value is -1.58. The van der Waals surface area contributed by atoms with Gasteiger partial charge in [0.1, 0.15) is 11.9 Å². The monoisotopic (exact) mass is 165 g/mol. The largest absolute Gasteiger partial charge is 0.368 e. The maximum atomic E-state index is 10.6. The van der Waals surface area contributed by atoms with E-state index in [1.165, 1.54) is 0 Å². The highest BCUT2D eigenvalue weighted by Gasteiger charge is 2.07. The standard InChI is InChI=1S/C8H11N3O/c1-6(8(9)12)11-7-4-2-3-5-10-7/h2-6H,1H3,(H2,9,12)(H,10,11). The second-order valence-corrected chi connectivity index (χ2v) is 2.48. The highest BCUT2D eigenvalue weighted by molar-refractivity contribution is 5.82. The maximum absolute atomic E-state index is 10.6. The summed E-state index contributed by atoms with van der Waals surface area (Å²) in [7, 11) is 0. The lowest BCUT2D eigenvalue weighted by Gasteiger charge is -2.09. The number of carbonyl (C=O) groups is 1. The number of nitrogens with one attached hydrogen (secondary N) is 1. The van der Waals surface area contributed by atoms with Gasteiger partial charge in [-0.25, -0.2) is 4.98 Å². The molecule has 1 amide bonds. The average Bonchev–Trinajstić information content (AvgIpc) is 2.06. The van der Waals surface area contributed by atoms with Gasteiger partial charge in [-0.2, -0.15) is 0 Å². The normalized spacial score (nSPS) is 12.1. The lowest BCUT2D eigenvalue weighted by atomic mass is 10.3. The van der Waals surface area contributed by atoms with Gasteiger partial charge in [0.25, 0.3) is 0 Å². The number of hydrogen-bond donors (Lipinski definition) is 2. The van der Waals surface area contributed by atoms with Gasteiger partial charge in [-0.05, 0) is 19.1 Å². The van der Waals surface area contributed by atoms with E-state index in [1.807, 2.05) is 6.07 Å². The third-order valence-electron chi connectivity index (χ3n) is 1.46. The van der Waals surface area contributed by atoms with Crippen molar-refractivity contribution >= 4 is 11.7 Å². The number of anilines is 1. The van der Waals surface area contributed by atoms with Crippen LogP contribution in [0.2, 0.25) is 0 Å². The van der Waals surface area contributed by atoms with Gasteiger partial charge in [-0.15, -0.1) is 0 Å². The van der Waals surface area contributed by atoms with Crippen molar-refractivity contribution in [3.63, 3.8) is 0 Å². The van der Waals surface area contributed by atoms with Gasteiger partial charge in [0.2, 0.25) is 5.91 Å². The fraction of sp³-hybridized carbons (Fsp3) is 0.250. The number of aromatic nitrogens is 1. The van der Waals surface area contributed by atoms with Crippen molar-refractivity contribution in [2.75, 3.05) is 5.32 Å².